The fourth-order valence-electron chi connectivity index (χ4n) is 1.84. The number of anilines is 1. The molecule has 0 unspecified atom stereocenters. The van der Waals surface area contributed by atoms with E-state index in [4.69, 9.17) is 22.7 Å². The maximum Gasteiger partial charge on any atom is 0.255 e. The summed E-state index contributed by atoms with van der Waals surface area (Å²) in [7, 11) is 0. The van der Waals surface area contributed by atoms with Crippen LogP contribution in [0.2, 0.25) is 0 Å². The van der Waals surface area contributed by atoms with E-state index in [-0.39, 0.29) is 17.5 Å². The summed E-state index contributed by atoms with van der Waals surface area (Å²) in [6, 6.07) is 14.5. The lowest BCUT2D eigenvalue weighted by atomic mass is 10.1. The molecule has 0 saturated carbocycles. The number of carbonyl (C=O) groups excluding carboxylic acids is 1. The number of rotatable bonds is 5. The smallest absolute Gasteiger partial charge is 0.255 e. The number of aryl methyl sites for hydroxylation is 1. The lowest BCUT2D eigenvalue weighted by molar-refractivity contribution is 0.102. The second kappa shape index (κ2) is 6.85. The van der Waals surface area contributed by atoms with Crippen LogP contribution in [0.25, 0.3) is 0 Å². The van der Waals surface area contributed by atoms with Crippen molar-refractivity contribution in [3.63, 3.8) is 0 Å². The third-order valence-corrected chi connectivity index (χ3v) is 2.98. The van der Waals surface area contributed by atoms with E-state index < -0.39 is 0 Å². The molecule has 0 heterocycles. The molecule has 0 aromatic heterocycles. The van der Waals surface area contributed by atoms with E-state index in [1.165, 1.54) is 0 Å². The fourth-order valence-corrected chi connectivity index (χ4v) is 1.90. The van der Waals surface area contributed by atoms with E-state index in [0.717, 1.165) is 5.56 Å². The van der Waals surface area contributed by atoms with Gasteiger partial charge in [-0.3, -0.25) is 4.79 Å². The number of ether oxygens (including phenoxy) is 1. The average molecular weight is 300 g/mol. The zero-order valence-electron chi connectivity index (χ0n) is 11.6. The van der Waals surface area contributed by atoms with Crippen molar-refractivity contribution in [1.29, 1.82) is 0 Å². The Bertz CT molecular complexity index is 671. The Labute approximate surface area is 128 Å². The molecule has 0 radical (unpaired) electrons. The average Bonchev–Trinajstić information content (AvgIpc) is 2.46. The number of nitrogens with one attached hydrogen (secondary N) is 1. The second-order valence-corrected chi connectivity index (χ2v) is 5.08. The summed E-state index contributed by atoms with van der Waals surface area (Å²) >= 11 is 4.76. The molecule has 5 heteroatoms. The lowest BCUT2D eigenvalue weighted by Crippen LogP contribution is -2.18. The van der Waals surface area contributed by atoms with Gasteiger partial charge in [-0.2, -0.15) is 0 Å². The van der Waals surface area contributed by atoms with Crippen molar-refractivity contribution in [2.24, 2.45) is 5.73 Å². The van der Waals surface area contributed by atoms with Gasteiger partial charge in [-0.05, 0) is 30.7 Å². The third-order valence-electron chi connectivity index (χ3n) is 2.86. The Morgan fingerprint density at radius 1 is 1.24 bits per heavy atom. The zero-order valence-corrected chi connectivity index (χ0v) is 12.4. The van der Waals surface area contributed by atoms with Crippen LogP contribution in [0.1, 0.15) is 15.9 Å². The van der Waals surface area contributed by atoms with Gasteiger partial charge in [-0.1, -0.05) is 36.5 Å². The van der Waals surface area contributed by atoms with Crippen LogP contribution >= 0.6 is 12.2 Å². The summed E-state index contributed by atoms with van der Waals surface area (Å²) in [6.45, 7) is 2.07. The van der Waals surface area contributed by atoms with E-state index in [9.17, 15) is 4.79 Å². The van der Waals surface area contributed by atoms with Crippen molar-refractivity contribution in [3.8, 4) is 5.75 Å². The van der Waals surface area contributed by atoms with Crippen LogP contribution in [0, 0.1) is 6.92 Å². The van der Waals surface area contributed by atoms with Crippen molar-refractivity contribution < 1.29 is 9.53 Å². The summed E-state index contributed by atoms with van der Waals surface area (Å²) in [6.07, 6.45) is 0. The number of nitrogens with two attached hydrogens (primary N) is 1. The lowest BCUT2D eigenvalue weighted by Gasteiger charge is -2.10. The summed E-state index contributed by atoms with van der Waals surface area (Å²) in [5.74, 6) is 0.449. The zero-order chi connectivity index (χ0) is 15.2. The first-order valence-electron chi connectivity index (χ1n) is 6.44. The van der Waals surface area contributed by atoms with Crippen molar-refractivity contribution >= 4 is 28.8 Å². The number of carbonyl (C=O) groups is 1. The van der Waals surface area contributed by atoms with E-state index >= 15 is 0 Å². The first-order chi connectivity index (χ1) is 10.1. The van der Waals surface area contributed by atoms with E-state index in [1.807, 2.05) is 25.1 Å². The van der Waals surface area contributed by atoms with E-state index in [1.54, 1.807) is 30.3 Å². The van der Waals surface area contributed by atoms with Gasteiger partial charge in [-0.25, -0.2) is 0 Å². The minimum absolute atomic E-state index is 0.153. The van der Waals surface area contributed by atoms with Crippen molar-refractivity contribution in [2.75, 3.05) is 11.9 Å². The van der Waals surface area contributed by atoms with E-state index in [2.05, 4.69) is 5.32 Å². The van der Waals surface area contributed by atoms with Crippen LogP contribution in [0.5, 0.6) is 5.75 Å². The first-order valence-corrected chi connectivity index (χ1v) is 6.85. The first kappa shape index (κ1) is 15.0. The maximum atomic E-state index is 12.2. The minimum Gasteiger partial charge on any atom is -0.486 e. The van der Waals surface area contributed by atoms with Gasteiger partial charge in [0.15, 0.2) is 0 Å². The SMILES string of the molecule is Cc1ccccc1C(=O)Nc1cccc(OCC(N)=S)c1. The molecule has 0 aliphatic heterocycles. The summed E-state index contributed by atoms with van der Waals surface area (Å²) in [5, 5.41) is 2.84. The normalized spacial score (nSPS) is 9.95. The Morgan fingerprint density at radius 3 is 2.71 bits per heavy atom. The molecule has 0 atom stereocenters. The molecule has 0 spiro atoms. The molecule has 1 amide bonds. The largest absolute Gasteiger partial charge is 0.486 e. The van der Waals surface area contributed by atoms with Gasteiger partial charge < -0.3 is 15.8 Å². The van der Waals surface area contributed by atoms with Gasteiger partial charge in [0.05, 0.1) is 0 Å². The molecule has 2 aromatic carbocycles. The summed E-state index contributed by atoms with van der Waals surface area (Å²) in [5.41, 5.74) is 7.62. The van der Waals surface area contributed by atoms with Crippen LogP contribution < -0.4 is 15.8 Å². The molecular weight excluding hydrogens is 284 g/mol. The molecule has 21 heavy (non-hydrogen) atoms. The minimum atomic E-state index is -0.153. The molecule has 2 aromatic rings. The Balaban J connectivity index is 2.09. The van der Waals surface area contributed by atoms with Crippen molar-refractivity contribution in [3.05, 3.63) is 59.7 Å². The monoisotopic (exact) mass is 300 g/mol. The molecule has 0 aliphatic rings. The highest BCUT2D eigenvalue weighted by molar-refractivity contribution is 7.80. The summed E-state index contributed by atoms with van der Waals surface area (Å²) < 4.78 is 5.40. The molecule has 0 aliphatic carbocycles. The molecule has 2 rings (SSSR count). The van der Waals surface area contributed by atoms with Gasteiger partial charge in [0.25, 0.3) is 5.91 Å². The van der Waals surface area contributed by atoms with Crippen LogP contribution in [0.3, 0.4) is 0 Å². The molecular formula is C16H16N2O2S. The number of hydrogen-bond acceptors (Lipinski definition) is 3. The Morgan fingerprint density at radius 2 is 2.00 bits per heavy atom. The topological polar surface area (TPSA) is 64.3 Å². The number of benzene rings is 2. The quantitative estimate of drug-likeness (QED) is 0.833. The molecule has 4 nitrogen and oxygen atoms in total. The summed E-state index contributed by atoms with van der Waals surface area (Å²) in [4.78, 5) is 12.5. The highest BCUT2D eigenvalue weighted by Gasteiger charge is 2.08. The van der Waals surface area contributed by atoms with Crippen molar-refractivity contribution in [1.82, 2.24) is 0 Å². The van der Waals surface area contributed by atoms with Gasteiger partial charge >= 0.3 is 0 Å². The molecule has 0 fully saturated rings. The van der Waals surface area contributed by atoms with Crippen LogP contribution in [-0.2, 0) is 0 Å². The van der Waals surface area contributed by atoms with Gasteiger partial charge in [-0.15, -0.1) is 0 Å². The fraction of sp³-hybridized carbons (Fsp3) is 0.125. The van der Waals surface area contributed by atoms with Crippen LogP contribution in [-0.4, -0.2) is 17.5 Å². The van der Waals surface area contributed by atoms with E-state index in [0.29, 0.717) is 17.0 Å². The highest BCUT2D eigenvalue weighted by Crippen LogP contribution is 2.18. The highest BCUT2D eigenvalue weighted by atomic mass is 32.1. The van der Waals surface area contributed by atoms with Gasteiger partial charge in [0, 0.05) is 17.3 Å². The van der Waals surface area contributed by atoms with Crippen molar-refractivity contribution in [2.45, 2.75) is 6.92 Å². The maximum absolute atomic E-state index is 12.2. The number of thiocarbonyl (C=S) groups is 1. The standard InChI is InChI=1S/C16H16N2O2S/c1-11-5-2-3-8-14(11)16(19)18-12-6-4-7-13(9-12)20-10-15(17)21/h2-9H,10H2,1H3,(H2,17,21)(H,18,19). The Hall–Kier alpha value is -2.40. The van der Waals surface area contributed by atoms with Gasteiger partial charge in [0.2, 0.25) is 0 Å². The molecule has 0 bridgehead atoms. The number of amides is 1. The predicted molar refractivity (Wildman–Crippen MR) is 87.9 cm³/mol. The Kier molecular flexibility index (Phi) is 4.90. The second-order valence-electron chi connectivity index (χ2n) is 4.55. The van der Waals surface area contributed by atoms with Gasteiger partial charge in [0.1, 0.15) is 17.3 Å². The molecule has 108 valence electrons. The predicted octanol–water partition coefficient (Wildman–Crippen LogP) is 2.91. The van der Waals surface area contributed by atoms with Crippen LogP contribution in [0.4, 0.5) is 5.69 Å². The molecule has 3 N–H and O–H groups in total. The number of hydrogen-bond donors (Lipinski definition) is 2. The van der Waals surface area contributed by atoms with Crippen LogP contribution in [0.15, 0.2) is 48.5 Å². The third kappa shape index (κ3) is 4.29. The molecule has 0 saturated heterocycles.